The maximum absolute atomic E-state index is 10.3. The molecule has 1 heterocycles. The molecule has 0 saturated carbocycles. The van der Waals surface area contributed by atoms with E-state index in [4.69, 9.17) is 16.7 Å². The van der Waals surface area contributed by atoms with Gasteiger partial charge in [-0.05, 0) is 28.4 Å². The van der Waals surface area contributed by atoms with E-state index in [2.05, 4.69) is 4.98 Å². The summed E-state index contributed by atoms with van der Waals surface area (Å²) in [4.78, 5) is 13.1. The Morgan fingerprint density at radius 2 is 2.54 bits per heavy atom. The lowest BCUT2D eigenvalue weighted by Gasteiger charge is -2.02. The Morgan fingerprint density at radius 1 is 1.92 bits per heavy atom. The highest BCUT2D eigenvalue weighted by molar-refractivity contribution is 6.28. The SMILES string of the molecule is C[C@@H](O)Cn1cc([N+](=O)[O-])nc1Cl. The second kappa shape index (κ2) is 3.71. The molecular formula is C6H8ClN3O3. The molecule has 0 radical (unpaired) electrons. The molecule has 1 atom stereocenters. The van der Waals surface area contributed by atoms with Crippen LogP contribution in [0.2, 0.25) is 5.28 Å². The summed E-state index contributed by atoms with van der Waals surface area (Å²) >= 11 is 5.57. The molecule has 1 rings (SSSR count). The second-order valence-electron chi connectivity index (χ2n) is 2.63. The number of halogens is 1. The van der Waals surface area contributed by atoms with E-state index in [-0.39, 0.29) is 17.6 Å². The fraction of sp³-hybridized carbons (Fsp3) is 0.500. The summed E-state index contributed by atoms with van der Waals surface area (Å²) in [6.07, 6.45) is 0.570. The van der Waals surface area contributed by atoms with E-state index in [0.717, 1.165) is 0 Å². The Hall–Kier alpha value is -1.14. The second-order valence-corrected chi connectivity index (χ2v) is 2.96. The molecule has 7 heteroatoms. The molecule has 0 aliphatic rings. The van der Waals surface area contributed by atoms with Crippen molar-refractivity contribution in [1.82, 2.24) is 9.55 Å². The van der Waals surface area contributed by atoms with Gasteiger partial charge in [0.2, 0.25) is 0 Å². The first-order valence-corrected chi connectivity index (χ1v) is 3.93. The van der Waals surface area contributed by atoms with Crippen LogP contribution in [0.15, 0.2) is 6.20 Å². The number of aliphatic hydroxyl groups excluding tert-OH is 1. The van der Waals surface area contributed by atoms with Crippen molar-refractivity contribution in [3.8, 4) is 0 Å². The summed E-state index contributed by atoms with van der Waals surface area (Å²) in [6.45, 7) is 1.75. The molecule has 13 heavy (non-hydrogen) atoms. The van der Waals surface area contributed by atoms with Crippen molar-refractivity contribution in [2.75, 3.05) is 0 Å². The number of hydrogen-bond acceptors (Lipinski definition) is 4. The molecule has 1 aromatic rings. The predicted octanol–water partition coefficient (Wildman–Crippen LogP) is 0.825. The smallest absolute Gasteiger partial charge is 0.383 e. The monoisotopic (exact) mass is 205 g/mol. The topological polar surface area (TPSA) is 81.2 Å². The van der Waals surface area contributed by atoms with Crippen LogP contribution in [0.1, 0.15) is 6.92 Å². The van der Waals surface area contributed by atoms with Gasteiger partial charge in [0.05, 0.1) is 12.6 Å². The van der Waals surface area contributed by atoms with Crippen LogP contribution in [0.3, 0.4) is 0 Å². The molecule has 0 amide bonds. The highest BCUT2D eigenvalue weighted by Crippen LogP contribution is 2.15. The van der Waals surface area contributed by atoms with E-state index < -0.39 is 11.0 Å². The highest BCUT2D eigenvalue weighted by Gasteiger charge is 2.17. The third-order valence-corrected chi connectivity index (χ3v) is 1.66. The number of rotatable bonds is 3. The van der Waals surface area contributed by atoms with Crippen LogP contribution in [0.5, 0.6) is 0 Å². The Balaban J connectivity index is 2.90. The molecule has 0 unspecified atom stereocenters. The van der Waals surface area contributed by atoms with Crippen molar-refractivity contribution in [3.05, 3.63) is 21.6 Å². The van der Waals surface area contributed by atoms with Gasteiger partial charge in [-0.3, -0.25) is 4.57 Å². The third kappa shape index (κ3) is 2.40. The van der Waals surface area contributed by atoms with Crippen LogP contribution in [0.25, 0.3) is 0 Å². The number of aliphatic hydroxyl groups is 1. The zero-order valence-electron chi connectivity index (χ0n) is 6.85. The third-order valence-electron chi connectivity index (χ3n) is 1.36. The standard InChI is InChI=1S/C6H8ClN3O3/c1-4(11)2-9-3-5(10(12)13)8-6(9)7/h3-4,11H,2H2,1H3/t4-/m1/s1. The molecule has 1 aromatic heterocycles. The number of hydrogen-bond donors (Lipinski definition) is 1. The summed E-state index contributed by atoms with van der Waals surface area (Å²) in [5.41, 5.74) is 0. The lowest BCUT2D eigenvalue weighted by atomic mass is 10.4. The predicted molar refractivity (Wildman–Crippen MR) is 45.6 cm³/mol. The van der Waals surface area contributed by atoms with E-state index in [1.807, 2.05) is 0 Å². The van der Waals surface area contributed by atoms with E-state index in [1.165, 1.54) is 10.8 Å². The zero-order chi connectivity index (χ0) is 10.0. The van der Waals surface area contributed by atoms with Crippen molar-refractivity contribution in [3.63, 3.8) is 0 Å². The van der Waals surface area contributed by atoms with E-state index >= 15 is 0 Å². The van der Waals surface area contributed by atoms with Gasteiger partial charge < -0.3 is 15.2 Å². The first-order chi connectivity index (χ1) is 6.00. The van der Waals surface area contributed by atoms with E-state index in [0.29, 0.717) is 0 Å². The lowest BCUT2D eigenvalue weighted by molar-refractivity contribution is -0.389. The van der Waals surface area contributed by atoms with Crippen LogP contribution in [0.4, 0.5) is 5.82 Å². The zero-order valence-corrected chi connectivity index (χ0v) is 7.60. The first-order valence-electron chi connectivity index (χ1n) is 3.56. The van der Waals surface area contributed by atoms with E-state index in [1.54, 1.807) is 6.92 Å². The Kier molecular flexibility index (Phi) is 2.84. The quantitative estimate of drug-likeness (QED) is 0.585. The Bertz CT molecular complexity index is 323. The molecule has 1 N–H and O–H groups in total. The number of aromatic nitrogens is 2. The van der Waals surface area contributed by atoms with Crippen molar-refractivity contribution in [1.29, 1.82) is 0 Å². The highest BCUT2D eigenvalue weighted by atomic mass is 35.5. The van der Waals surface area contributed by atoms with Crippen LogP contribution in [-0.2, 0) is 6.54 Å². The maximum atomic E-state index is 10.3. The molecule has 0 aliphatic heterocycles. The Morgan fingerprint density at radius 3 is 2.92 bits per heavy atom. The van der Waals surface area contributed by atoms with Crippen molar-refractivity contribution < 1.29 is 10.0 Å². The van der Waals surface area contributed by atoms with Gasteiger partial charge in [-0.2, -0.15) is 0 Å². The molecule has 0 aromatic carbocycles. The van der Waals surface area contributed by atoms with Crippen LogP contribution >= 0.6 is 11.6 Å². The van der Waals surface area contributed by atoms with Crippen molar-refractivity contribution in [2.24, 2.45) is 0 Å². The molecule has 0 bridgehead atoms. The minimum atomic E-state index is -0.635. The maximum Gasteiger partial charge on any atom is 0.383 e. The van der Waals surface area contributed by atoms with E-state index in [9.17, 15) is 10.1 Å². The normalized spacial score (nSPS) is 12.8. The Labute approximate surface area is 78.9 Å². The first kappa shape index (κ1) is 9.94. The molecule has 0 fully saturated rings. The molecule has 0 aliphatic carbocycles. The van der Waals surface area contributed by atoms with Crippen LogP contribution < -0.4 is 0 Å². The van der Waals surface area contributed by atoms with Crippen molar-refractivity contribution in [2.45, 2.75) is 19.6 Å². The summed E-state index contributed by atoms with van der Waals surface area (Å²) in [5, 5.41) is 19.3. The fourth-order valence-corrected chi connectivity index (χ4v) is 1.09. The summed E-state index contributed by atoms with van der Waals surface area (Å²) in [7, 11) is 0. The van der Waals surface area contributed by atoms with Crippen LogP contribution in [-0.4, -0.2) is 25.7 Å². The van der Waals surface area contributed by atoms with Gasteiger partial charge in [0.15, 0.2) is 0 Å². The van der Waals surface area contributed by atoms with Gasteiger partial charge in [-0.15, -0.1) is 0 Å². The molecule has 6 nitrogen and oxygen atoms in total. The minimum absolute atomic E-state index is 0.00704. The van der Waals surface area contributed by atoms with Crippen molar-refractivity contribution >= 4 is 17.4 Å². The molecule has 0 saturated heterocycles. The number of nitrogens with zero attached hydrogens (tertiary/aromatic N) is 3. The van der Waals surface area contributed by atoms with Gasteiger partial charge in [0.25, 0.3) is 0 Å². The van der Waals surface area contributed by atoms with Gasteiger partial charge >= 0.3 is 11.1 Å². The summed E-state index contributed by atoms with van der Waals surface area (Å²) in [6, 6.07) is 0. The molecular weight excluding hydrogens is 198 g/mol. The van der Waals surface area contributed by atoms with Crippen LogP contribution in [0, 0.1) is 10.1 Å². The molecule has 0 spiro atoms. The van der Waals surface area contributed by atoms with Gasteiger partial charge in [-0.25, -0.2) is 0 Å². The number of nitro groups is 1. The fourth-order valence-electron chi connectivity index (χ4n) is 0.881. The number of imidazole rings is 1. The summed E-state index contributed by atoms with van der Waals surface area (Å²) < 4.78 is 1.32. The average Bonchev–Trinajstić information content (AvgIpc) is 2.31. The molecule has 72 valence electrons. The van der Waals surface area contributed by atoms with Gasteiger partial charge in [0, 0.05) is 0 Å². The summed E-state index contributed by atoms with van der Waals surface area (Å²) in [5.74, 6) is -0.314. The van der Waals surface area contributed by atoms with Gasteiger partial charge in [-0.1, -0.05) is 0 Å². The average molecular weight is 206 g/mol. The largest absolute Gasteiger partial charge is 0.392 e. The minimum Gasteiger partial charge on any atom is -0.392 e. The lowest BCUT2D eigenvalue weighted by Crippen LogP contribution is -2.10. The van der Waals surface area contributed by atoms with Gasteiger partial charge in [0.1, 0.15) is 6.20 Å².